The molecule has 1 fully saturated rings. The summed E-state index contributed by atoms with van der Waals surface area (Å²) in [6, 6.07) is 10.9. The number of thioether (sulfide) groups is 1. The first-order valence-corrected chi connectivity index (χ1v) is 14.0. The molecule has 2 aromatic carbocycles. The van der Waals surface area contributed by atoms with Crippen LogP contribution in [0.25, 0.3) is 0 Å². The lowest BCUT2D eigenvalue weighted by molar-refractivity contribution is -0.384. The fourth-order valence-corrected chi connectivity index (χ4v) is 5.69. The van der Waals surface area contributed by atoms with Crippen molar-refractivity contribution in [3.8, 4) is 0 Å². The number of nitro benzene ring substituents is 1. The Morgan fingerprint density at radius 1 is 1.14 bits per heavy atom. The zero-order valence-electron chi connectivity index (χ0n) is 20.3. The van der Waals surface area contributed by atoms with Gasteiger partial charge in [-0.3, -0.25) is 19.7 Å². The molecule has 2 amide bonds. The van der Waals surface area contributed by atoms with Crippen LogP contribution in [0.2, 0.25) is 10.0 Å². The zero-order valence-corrected chi connectivity index (χ0v) is 22.6. The van der Waals surface area contributed by atoms with Crippen LogP contribution in [-0.4, -0.2) is 39.5 Å². The minimum absolute atomic E-state index is 0.0283. The molecule has 0 aromatic heterocycles. The van der Waals surface area contributed by atoms with Crippen molar-refractivity contribution in [2.24, 2.45) is 0 Å². The standard InChI is InChI=1S/C26H31Cl2N3O4S/c1-2-24(26(33)29-21-6-4-3-5-7-21)30(15-19-10-11-20(27)14-23(19)28)25(32)17-36-16-18-8-12-22(13-9-18)31(34)35/h8-14,21,24H,2-7,15-17H2,1H3,(H,29,33). The van der Waals surface area contributed by atoms with E-state index >= 15 is 0 Å². The van der Waals surface area contributed by atoms with Gasteiger partial charge in [0.15, 0.2) is 0 Å². The van der Waals surface area contributed by atoms with E-state index in [1.807, 2.05) is 6.92 Å². The second-order valence-electron chi connectivity index (χ2n) is 8.94. The third-order valence-electron chi connectivity index (χ3n) is 6.33. The van der Waals surface area contributed by atoms with Crippen LogP contribution >= 0.6 is 35.0 Å². The number of nitrogens with zero attached hydrogens (tertiary/aromatic N) is 2. The Kier molecular flexibility index (Phi) is 10.9. The van der Waals surface area contributed by atoms with Gasteiger partial charge in [0.2, 0.25) is 11.8 Å². The number of hydrogen-bond donors (Lipinski definition) is 1. The predicted octanol–water partition coefficient (Wildman–Crippen LogP) is 6.39. The molecule has 7 nitrogen and oxygen atoms in total. The second kappa shape index (κ2) is 13.9. The van der Waals surface area contributed by atoms with Crippen molar-refractivity contribution < 1.29 is 14.5 Å². The molecular formula is C26H31Cl2N3O4S. The Morgan fingerprint density at radius 3 is 2.44 bits per heavy atom. The maximum Gasteiger partial charge on any atom is 0.269 e. The van der Waals surface area contributed by atoms with Crippen molar-refractivity contribution >= 4 is 52.5 Å². The second-order valence-corrected chi connectivity index (χ2v) is 10.8. The Balaban J connectivity index is 1.71. The molecule has 194 valence electrons. The Hall–Kier alpha value is -2.29. The van der Waals surface area contributed by atoms with Crippen molar-refractivity contribution in [2.75, 3.05) is 5.75 Å². The molecule has 1 atom stereocenters. The summed E-state index contributed by atoms with van der Waals surface area (Å²) in [5.74, 6) is 0.376. The van der Waals surface area contributed by atoms with Crippen LogP contribution in [0.5, 0.6) is 0 Å². The van der Waals surface area contributed by atoms with Crippen LogP contribution in [0.3, 0.4) is 0 Å². The van der Waals surface area contributed by atoms with E-state index in [0.717, 1.165) is 36.8 Å². The Labute approximate surface area is 226 Å². The summed E-state index contributed by atoms with van der Waals surface area (Å²) in [7, 11) is 0. The maximum absolute atomic E-state index is 13.4. The lowest BCUT2D eigenvalue weighted by Gasteiger charge is -2.33. The van der Waals surface area contributed by atoms with Crippen LogP contribution in [0.15, 0.2) is 42.5 Å². The predicted molar refractivity (Wildman–Crippen MR) is 145 cm³/mol. The van der Waals surface area contributed by atoms with Gasteiger partial charge in [-0.2, -0.15) is 0 Å². The Morgan fingerprint density at radius 2 is 1.83 bits per heavy atom. The van der Waals surface area contributed by atoms with E-state index in [2.05, 4.69) is 5.32 Å². The molecule has 2 aromatic rings. The number of benzene rings is 2. The summed E-state index contributed by atoms with van der Waals surface area (Å²) in [6.07, 6.45) is 5.79. The number of carbonyl (C=O) groups excluding carboxylic acids is 2. The van der Waals surface area contributed by atoms with Crippen molar-refractivity contribution in [1.82, 2.24) is 10.2 Å². The third kappa shape index (κ3) is 8.11. The molecule has 3 rings (SSSR count). The zero-order chi connectivity index (χ0) is 26.1. The number of nitrogens with one attached hydrogen (secondary N) is 1. The third-order valence-corrected chi connectivity index (χ3v) is 7.91. The van der Waals surface area contributed by atoms with Crippen LogP contribution in [-0.2, 0) is 21.9 Å². The van der Waals surface area contributed by atoms with Gasteiger partial charge in [-0.25, -0.2) is 0 Å². The molecule has 0 spiro atoms. The first-order chi connectivity index (χ1) is 17.3. The van der Waals surface area contributed by atoms with Crippen LogP contribution in [0, 0.1) is 10.1 Å². The number of nitro groups is 1. The normalized spacial score (nSPS) is 14.8. The van der Waals surface area contributed by atoms with Gasteiger partial charge in [-0.1, -0.05) is 67.6 Å². The summed E-state index contributed by atoms with van der Waals surface area (Å²) in [5, 5.41) is 15.0. The highest BCUT2D eigenvalue weighted by molar-refractivity contribution is 7.99. The quantitative estimate of drug-likeness (QED) is 0.258. The minimum Gasteiger partial charge on any atom is -0.352 e. The van der Waals surface area contributed by atoms with Gasteiger partial charge in [-0.15, -0.1) is 11.8 Å². The average molecular weight is 553 g/mol. The lowest BCUT2D eigenvalue weighted by Crippen LogP contribution is -2.52. The van der Waals surface area contributed by atoms with Crippen molar-refractivity contribution in [3.63, 3.8) is 0 Å². The molecule has 1 N–H and O–H groups in total. The number of non-ortho nitro benzene ring substituents is 1. The van der Waals surface area contributed by atoms with E-state index in [9.17, 15) is 19.7 Å². The van der Waals surface area contributed by atoms with E-state index in [0.29, 0.717) is 22.2 Å². The largest absolute Gasteiger partial charge is 0.352 e. The fraction of sp³-hybridized carbons (Fsp3) is 0.462. The van der Waals surface area contributed by atoms with Crippen molar-refractivity contribution in [2.45, 2.75) is 69.8 Å². The smallest absolute Gasteiger partial charge is 0.269 e. The molecule has 0 saturated heterocycles. The molecule has 1 aliphatic carbocycles. The molecule has 1 aliphatic rings. The number of hydrogen-bond acceptors (Lipinski definition) is 5. The molecule has 10 heteroatoms. The molecule has 0 radical (unpaired) electrons. The highest BCUT2D eigenvalue weighted by Gasteiger charge is 2.30. The summed E-state index contributed by atoms with van der Waals surface area (Å²) in [4.78, 5) is 38.7. The topological polar surface area (TPSA) is 92.6 Å². The molecular weight excluding hydrogens is 521 g/mol. The first kappa shape index (κ1) is 28.3. The van der Waals surface area contributed by atoms with Gasteiger partial charge in [0.25, 0.3) is 5.69 Å². The lowest BCUT2D eigenvalue weighted by atomic mass is 9.95. The molecule has 0 aliphatic heterocycles. The van der Waals surface area contributed by atoms with Gasteiger partial charge in [0.05, 0.1) is 10.7 Å². The fourth-order valence-electron chi connectivity index (χ4n) is 4.35. The van der Waals surface area contributed by atoms with Crippen molar-refractivity contribution in [1.29, 1.82) is 0 Å². The van der Waals surface area contributed by atoms with E-state index in [4.69, 9.17) is 23.2 Å². The van der Waals surface area contributed by atoms with Crippen LogP contribution < -0.4 is 5.32 Å². The van der Waals surface area contributed by atoms with Crippen LogP contribution in [0.4, 0.5) is 5.69 Å². The summed E-state index contributed by atoms with van der Waals surface area (Å²) < 4.78 is 0. The molecule has 0 heterocycles. The SMILES string of the molecule is CCC(C(=O)NC1CCCCC1)N(Cc1ccc(Cl)cc1Cl)C(=O)CSCc1ccc([N+](=O)[O-])cc1. The van der Waals surface area contributed by atoms with Crippen LogP contribution in [0.1, 0.15) is 56.6 Å². The summed E-state index contributed by atoms with van der Waals surface area (Å²) in [6.45, 7) is 2.10. The van der Waals surface area contributed by atoms with E-state index in [-0.39, 0.29) is 35.8 Å². The Bertz CT molecular complexity index is 1060. The van der Waals surface area contributed by atoms with E-state index in [1.54, 1.807) is 35.2 Å². The van der Waals surface area contributed by atoms with Gasteiger partial charge in [0, 0.05) is 40.5 Å². The molecule has 1 saturated carbocycles. The van der Waals surface area contributed by atoms with E-state index in [1.165, 1.54) is 30.3 Å². The van der Waals surface area contributed by atoms with Crippen molar-refractivity contribution in [3.05, 3.63) is 73.8 Å². The average Bonchev–Trinajstić information content (AvgIpc) is 2.86. The molecule has 1 unspecified atom stereocenters. The first-order valence-electron chi connectivity index (χ1n) is 12.1. The number of amides is 2. The van der Waals surface area contributed by atoms with Gasteiger partial charge in [0.1, 0.15) is 6.04 Å². The van der Waals surface area contributed by atoms with E-state index < -0.39 is 11.0 Å². The monoisotopic (exact) mass is 551 g/mol. The highest BCUT2D eigenvalue weighted by Crippen LogP contribution is 2.25. The highest BCUT2D eigenvalue weighted by atomic mass is 35.5. The maximum atomic E-state index is 13.4. The molecule has 0 bridgehead atoms. The number of halogens is 2. The molecule has 36 heavy (non-hydrogen) atoms. The van der Waals surface area contributed by atoms with Gasteiger partial charge >= 0.3 is 0 Å². The number of rotatable bonds is 11. The minimum atomic E-state index is -0.619. The van der Waals surface area contributed by atoms with Gasteiger partial charge < -0.3 is 10.2 Å². The summed E-state index contributed by atoms with van der Waals surface area (Å²) in [5.41, 5.74) is 1.63. The summed E-state index contributed by atoms with van der Waals surface area (Å²) >= 11 is 13.9. The van der Waals surface area contributed by atoms with Gasteiger partial charge in [-0.05, 0) is 42.5 Å². The number of carbonyl (C=O) groups is 2.